The fraction of sp³-hybridized carbons (Fsp3) is 0.261. The van der Waals surface area contributed by atoms with E-state index in [2.05, 4.69) is 35.5 Å². The van der Waals surface area contributed by atoms with Gasteiger partial charge in [-0.3, -0.25) is 5.32 Å². The van der Waals surface area contributed by atoms with Crippen LogP contribution in [0.4, 0.5) is 22.2 Å². The number of pyridine rings is 1. The monoisotopic (exact) mass is 464 g/mol. The van der Waals surface area contributed by atoms with Gasteiger partial charge < -0.3 is 15.1 Å². The number of piperazine rings is 1. The lowest BCUT2D eigenvalue weighted by Crippen LogP contribution is -2.54. The molecular formula is C23H25ClN8O. The van der Waals surface area contributed by atoms with Crippen molar-refractivity contribution in [3.8, 4) is 0 Å². The second kappa shape index (κ2) is 10.3. The number of carbonyl (C=O) groups is 1. The number of nitrogens with zero attached hydrogens (tertiary/aromatic N) is 6. The summed E-state index contributed by atoms with van der Waals surface area (Å²) in [6, 6.07) is 14.3. The Morgan fingerprint density at radius 3 is 2.42 bits per heavy atom. The molecule has 0 saturated carbocycles. The highest BCUT2D eigenvalue weighted by atomic mass is 35.5. The zero-order valence-electron chi connectivity index (χ0n) is 18.5. The van der Waals surface area contributed by atoms with Crippen molar-refractivity contribution in [3.05, 3.63) is 71.1 Å². The van der Waals surface area contributed by atoms with Crippen LogP contribution >= 0.6 is 11.6 Å². The first-order valence-corrected chi connectivity index (χ1v) is 11.0. The standard InChI is InChI=1S/C23H25ClN8O/c1-16-14-17(2)27-21(26-16)29-22(30-23(33)28-19-7-5-6-18(24)15-19)32-12-10-31(11-13-32)20-8-3-4-9-25-20/h3-9,14-15H,10-13H2,1-2H3,(H2,26,27,28,29,30,33). The number of urea groups is 1. The average molecular weight is 465 g/mol. The summed E-state index contributed by atoms with van der Waals surface area (Å²) in [6.07, 6.45) is 1.79. The maximum absolute atomic E-state index is 12.8. The summed E-state index contributed by atoms with van der Waals surface area (Å²) in [5.74, 6) is 1.62. The Balaban J connectivity index is 1.52. The van der Waals surface area contributed by atoms with E-state index >= 15 is 0 Å². The molecule has 0 radical (unpaired) electrons. The Kier molecular flexibility index (Phi) is 6.99. The first-order chi connectivity index (χ1) is 16.0. The molecular weight excluding hydrogens is 440 g/mol. The quantitative estimate of drug-likeness (QED) is 0.452. The van der Waals surface area contributed by atoms with Gasteiger partial charge in [-0.25, -0.2) is 19.7 Å². The van der Waals surface area contributed by atoms with Gasteiger partial charge >= 0.3 is 6.03 Å². The van der Waals surface area contributed by atoms with E-state index < -0.39 is 6.03 Å². The highest BCUT2D eigenvalue weighted by Gasteiger charge is 2.22. The van der Waals surface area contributed by atoms with Gasteiger partial charge in [0.2, 0.25) is 5.96 Å². The van der Waals surface area contributed by atoms with E-state index in [1.54, 1.807) is 30.5 Å². The summed E-state index contributed by atoms with van der Waals surface area (Å²) in [6.45, 7) is 6.55. The van der Waals surface area contributed by atoms with Crippen LogP contribution in [0.15, 0.2) is 59.7 Å². The SMILES string of the molecule is Cc1cc(C)nc(/N=C(\NC(=O)Nc2cccc(Cl)c2)N2CCN(c3ccccn3)CC2)n1. The Bertz CT molecular complexity index is 1130. The number of carbonyl (C=O) groups excluding carboxylic acids is 1. The molecule has 3 aromatic rings. The van der Waals surface area contributed by atoms with Crippen molar-refractivity contribution in [3.63, 3.8) is 0 Å². The molecule has 4 rings (SSSR count). The molecule has 1 aliphatic heterocycles. The number of hydrogen-bond donors (Lipinski definition) is 2. The van der Waals surface area contributed by atoms with Gasteiger partial charge in [0.15, 0.2) is 0 Å². The predicted octanol–water partition coefficient (Wildman–Crippen LogP) is 3.77. The van der Waals surface area contributed by atoms with Gasteiger partial charge in [-0.1, -0.05) is 23.7 Å². The number of aliphatic imine (C=N–C) groups is 1. The number of amides is 2. The highest BCUT2D eigenvalue weighted by molar-refractivity contribution is 6.30. The Morgan fingerprint density at radius 1 is 1.00 bits per heavy atom. The second-order valence-corrected chi connectivity index (χ2v) is 8.07. The first kappa shape index (κ1) is 22.5. The number of hydrogen-bond acceptors (Lipinski definition) is 6. The van der Waals surface area contributed by atoms with Crippen molar-refractivity contribution in [2.75, 3.05) is 36.4 Å². The third-order valence-corrected chi connectivity index (χ3v) is 5.27. The van der Waals surface area contributed by atoms with Crippen molar-refractivity contribution in [1.82, 2.24) is 25.2 Å². The topological polar surface area (TPSA) is 98.6 Å². The van der Waals surface area contributed by atoms with Crippen molar-refractivity contribution in [1.29, 1.82) is 0 Å². The predicted molar refractivity (Wildman–Crippen MR) is 130 cm³/mol. The Morgan fingerprint density at radius 2 is 1.76 bits per heavy atom. The number of anilines is 2. The molecule has 0 atom stereocenters. The van der Waals surface area contributed by atoms with Crippen LogP contribution in [-0.2, 0) is 0 Å². The summed E-state index contributed by atoms with van der Waals surface area (Å²) in [5.41, 5.74) is 2.20. The van der Waals surface area contributed by atoms with Crippen LogP contribution in [0.2, 0.25) is 5.02 Å². The maximum atomic E-state index is 12.8. The number of rotatable bonds is 3. The molecule has 33 heavy (non-hydrogen) atoms. The van der Waals surface area contributed by atoms with Crippen molar-refractivity contribution in [2.24, 2.45) is 4.99 Å². The Labute approximate surface area is 197 Å². The molecule has 2 N–H and O–H groups in total. The van der Waals surface area contributed by atoms with Crippen LogP contribution in [0.1, 0.15) is 11.4 Å². The summed E-state index contributed by atoms with van der Waals surface area (Å²) >= 11 is 6.03. The molecule has 10 heteroatoms. The van der Waals surface area contributed by atoms with E-state index in [1.807, 2.05) is 43.0 Å². The van der Waals surface area contributed by atoms with Crippen molar-refractivity contribution < 1.29 is 4.79 Å². The third kappa shape index (κ3) is 6.17. The van der Waals surface area contributed by atoms with Gasteiger partial charge in [-0.05, 0) is 50.2 Å². The van der Waals surface area contributed by atoms with E-state index in [1.165, 1.54) is 0 Å². The largest absolute Gasteiger partial charge is 0.353 e. The van der Waals surface area contributed by atoms with Gasteiger partial charge in [-0.15, -0.1) is 0 Å². The molecule has 2 aromatic heterocycles. The molecule has 1 aromatic carbocycles. The molecule has 170 valence electrons. The molecule has 0 unspecified atom stereocenters. The molecule has 1 aliphatic rings. The molecule has 1 fully saturated rings. The van der Waals surface area contributed by atoms with Crippen LogP contribution in [0.5, 0.6) is 0 Å². The van der Waals surface area contributed by atoms with Crippen molar-refractivity contribution >= 4 is 41.0 Å². The summed E-state index contributed by atoms with van der Waals surface area (Å²) in [5, 5.41) is 6.20. The first-order valence-electron chi connectivity index (χ1n) is 10.6. The van der Waals surface area contributed by atoms with E-state index in [9.17, 15) is 4.79 Å². The zero-order valence-corrected chi connectivity index (χ0v) is 19.3. The molecule has 1 saturated heterocycles. The van der Waals surface area contributed by atoms with E-state index in [4.69, 9.17) is 11.6 Å². The van der Waals surface area contributed by atoms with Crippen LogP contribution in [0, 0.1) is 13.8 Å². The van der Waals surface area contributed by atoms with Gasteiger partial charge in [0, 0.05) is 54.5 Å². The summed E-state index contributed by atoms with van der Waals surface area (Å²) in [7, 11) is 0. The van der Waals surface area contributed by atoms with Gasteiger partial charge in [-0.2, -0.15) is 4.99 Å². The summed E-state index contributed by atoms with van der Waals surface area (Å²) < 4.78 is 0. The van der Waals surface area contributed by atoms with E-state index in [0.29, 0.717) is 35.7 Å². The molecule has 0 aliphatic carbocycles. The zero-order chi connectivity index (χ0) is 23.2. The van der Waals surface area contributed by atoms with Crippen molar-refractivity contribution in [2.45, 2.75) is 13.8 Å². The molecule has 0 spiro atoms. The number of aryl methyl sites for hydroxylation is 2. The number of nitrogens with one attached hydrogen (secondary N) is 2. The normalized spacial score (nSPS) is 14.2. The Hall–Kier alpha value is -3.72. The van der Waals surface area contributed by atoms with Crippen LogP contribution in [-0.4, -0.2) is 58.0 Å². The van der Waals surface area contributed by atoms with Crippen LogP contribution < -0.4 is 15.5 Å². The molecule has 0 bridgehead atoms. The number of aromatic nitrogens is 3. The smallest absolute Gasteiger partial charge is 0.326 e. The molecule has 9 nitrogen and oxygen atoms in total. The molecule has 3 heterocycles. The second-order valence-electron chi connectivity index (χ2n) is 7.64. The van der Waals surface area contributed by atoms with Crippen LogP contribution in [0.3, 0.4) is 0 Å². The minimum absolute atomic E-state index is 0.303. The number of guanidine groups is 1. The minimum Gasteiger partial charge on any atom is -0.353 e. The lowest BCUT2D eigenvalue weighted by Gasteiger charge is -2.36. The van der Waals surface area contributed by atoms with Gasteiger partial charge in [0.25, 0.3) is 5.95 Å². The van der Waals surface area contributed by atoms with E-state index in [-0.39, 0.29) is 0 Å². The fourth-order valence-electron chi connectivity index (χ4n) is 3.55. The lowest BCUT2D eigenvalue weighted by molar-refractivity contribution is 0.254. The third-order valence-electron chi connectivity index (χ3n) is 5.04. The van der Waals surface area contributed by atoms with Gasteiger partial charge in [0.05, 0.1) is 0 Å². The maximum Gasteiger partial charge on any atom is 0.326 e. The minimum atomic E-state index is -0.424. The lowest BCUT2D eigenvalue weighted by atomic mass is 10.3. The fourth-order valence-corrected chi connectivity index (χ4v) is 3.74. The van der Waals surface area contributed by atoms with Crippen LogP contribution in [0.25, 0.3) is 0 Å². The van der Waals surface area contributed by atoms with Gasteiger partial charge in [0.1, 0.15) is 5.82 Å². The van der Waals surface area contributed by atoms with E-state index in [0.717, 1.165) is 30.3 Å². The average Bonchev–Trinajstić information content (AvgIpc) is 2.79. The molecule has 2 amide bonds. The summed E-state index contributed by atoms with van der Waals surface area (Å²) in [4.78, 5) is 34.8. The highest BCUT2D eigenvalue weighted by Crippen LogP contribution is 2.16. The number of benzene rings is 1. The number of halogens is 1.